The highest BCUT2D eigenvalue weighted by molar-refractivity contribution is 7.99. The van der Waals surface area contributed by atoms with Crippen LogP contribution in [0, 0.1) is 0 Å². The van der Waals surface area contributed by atoms with E-state index in [0.717, 1.165) is 19.3 Å². The van der Waals surface area contributed by atoms with E-state index in [2.05, 4.69) is 11.9 Å². The predicted octanol–water partition coefficient (Wildman–Crippen LogP) is 3.42. The van der Waals surface area contributed by atoms with Gasteiger partial charge in [-0.1, -0.05) is 43.1 Å². The molecule has 0 bridgehead atoms. The monoisotopic (exact) mass is 367 g/mol. The quantitative estimate of drug-likeness (QED) is 0.427. The van der Waals surface area contributed by atoms with Crippen molar-refractivity contribution in [1.29, 1.82) is 0 Å². The van der Waals surface area contributed by atoms with Crippen molar-refractivity contribution < 1.29 is 4.79 Å². The molecule has 1 amide bonds. The molecule has 0 atom stereocenters. The number of rotatable bonds is 7. The summed E-state index contributed by atoms with van der Waals surface area (Å²) in [5.41, 5.74) is 0.492. The summed E-state index contributed by atoms with van der Waals surface area (Å²) >= 11 is 7.31. The number of unbranched alkanes of at least 4 members (excludes halogenated alkanes) is 2. The molecule has 1 aromatic carbocycles. The second-order valence-electron chi connectivity index (χ2n) is 5.80. The van der Waals surface area contributed by atoms with E-state index in [1.165, 1.54) is 16.7 Å². The molecule has 24 heavy (non-hydrogen) atoms. The van der Waals surface area contributed by atoms with Crippen molar-refractivity contribution in [3.05, 3.63) is 33.6 Å². The van der Waals surface area contributed by atoms with Crippen LogP contribution >= 0.6 is 23.4 Å². The Morgan fingerprint density at radius 3 is 2.75 bits per heavy atom. The third kappa shape index (κ3) is 4.51. The van der Waals surface area contributed by atoms with E-state index < -0.39 is 0 Å². The number of nitrogens with zero attached hydrogens (tertiary/aromatic N) is 3. The number of amides is 1. The van der Waals surface area contributed by atoms with E-state index in [4.69, 9.17) is 11.6 Å². The fourth-order valence-corrected chi connectivity index (χ4v) is 3.43. The lowest BCUT2D eigenvalue weighted by Gasteiger charge is -2.14. The van der Waals surface area contributed by atoms with Gasteiger partial charge >= 0.3 is 0 Å². The zero-order chi connectivity index (χ0) is 17.7. The number of carbonyl (C=O) groups excluding carboxylic acids is 1. The molecule has 0 spiro atoms. The summed E-state index contributed by atoms with van der Waals surface area (Å²) in [6.07, 6.45) is 3.03. The molecule has 0 saturated carbocycles. The van der Waals surface area contributed by atoms with Crippen molar-refractivity contribution in [3.8, 4) is 0 Å². The third-order valence-electron chi connectivity index (χ3n) is 3.69. The molecule has 1 heterocycles. The van der Waals surface area contributed by atoms with Crippen LogP contribution in [0.15, 0.2) is 28.2 Å². The normalized spacial score (nSPS) is 11.0. The molecule has 0 aliphatic carbocycles. The van der Waals surface area contributed by atoms with Crippen LogP contribution in [0.3, 0.4) is 0 Å². The van der Waals surface area contributed by atoms with Crippen LogP contribution in [-0.4, -0.2) is 40.2 Å². The van der Waals surface area contributed by atoms with E-state index in [1.807, 2.05) is 0 Å². The minimum atomic E-state index is -0.0763. The minimum absolute atomic E-state index is 0.0134. The molecule has 7 heteroatoms. The largest absolute Gasteiger partial charge is 0.348 e. The lowest BCUT2D eigenvalue weighted by Crippen LogP contribution is -2.26. The first-order valence-electron chi connectivity index (χ1n) is 7.97. The van der Waals surface area contributed by atoms with Gasteiger partial charge in [0, 0.05) is 25.7 Å². The number of hydrogen-bond donors (Lipinski definition) is 0. The summed E-state index contributed by atoms with van der Waals surface area (Å²) in [6.45, 7) is 2.73. The second-order valence-corrected chi connectivity index (χ2v) is 7.18. The molecule has 0 unspecified atom stereocenters. The van der Waals surface area contributed by atoms with Gasteiger partial charge in [0.1, 0.15) is 0 Å². The lowest BCUT2D eigenvalue weighted by atomic mass is 10.2. The van der Waals surface area contributed by atoms with Crippen molar-refractivity contribution in [3.63, 3.8) is 0 Å². The van der Waals surface area contributed by atoms with Gasteiger partial charge in [0.05, 0.1) is 16.7 Å². The Morgan fingerprint density at radius 1 is 1.33 bits per heavy atom. The van der Waals surface area contributed by atoms with Crippen LogP contribution in [0.4, 0.5) is 0 Å². The Labute approximate surface area is 151 Å². The fraction of sp³-hybridized carbons (Fsp3) is 0.471. The first-order valence-corrected chi connectivity index (χ1v) is 9.33. The smallest absolute Gasteiger partial charge is 0.262 e. The van der Waals surface area contributed by atoms with E-state index in [9.17, 15) is 9.59 Å². The van der Waals surface area contributed by atoms with E-state index in [1.54, 1.807) is 36.9 Å². The number of halogens is 1. The van der Waals surface area contributed by atoms with E-state index in [-0.39, 0.29) is 17.2 Å². The van der Waals surface area contributed by atoms with E-state index >= 15 is 0 Å². The molecule has 0 radical (unpaired) electrons. The maximum Gasteiger partial charge on any atom is 0.262 e. The van der Waals surface area contributed by atoms with Crippen LogP contribution < -0.4 is 5.56 Å². The average Bonchev–Trinajstić information content (AvgIpc) is 2.54. The number of thioether (sulfide) groups is 1. The first-order chi connectivity index (χ1) is 11.4. The summed E-state index contributed by atoms with van der Waals surface area (Å²) in [5, 5.41) is 1.67. The molecule has 130 valence electrons. The number of hydrogen-bond acceptors (Lipinski definition) is 4. The highest BCUT2D eigenvalue weighted by Gasteiger charge is 2.14. The number of aromatic nitrogens is 2. The second kappa shape index (κ2) is 8.53. The zero-order valence-corrected chi connectivity index (χ0v) is 15.8. The average molecular weight is 368 g/mol. The van der Waals surface area contributed by atoms with Crippen molar-refractivity contribution >= 4 is 40.2 Å². The lowest BCUT2D eigenvalue weighted by molar-refractivity contribution is -0.125. The number of carbonyl (C=O) groups is 1. The molecule has 0 aliphatic heterocycles. The predicted molar refractivity (Wildman–Crippen MR) is 100.0 cm³/mol. The van der Waals surface area contributed by atoms with Gasteiger partial charge in [-0.05, 0) is 24.6 Å². The molecule has 0 N–H and O–H groups in total. The summed E-state index contributed by atoms with van der Waals surface area (Å²) in [4.78, 5) is 30.8. The molecule has 0 saturated heterocycles. The third-order valence-corrected chi connectivity index (χ3v) is 4.89. The van der Waals surface area contributed by atoms with Gasteiger partial charge in [0.2, 0.25) is 5.91 Å². The van der Waals surface area contributed by atoms with Crippen molar-refractivity contribution in [2.45, 2.75) is 37.9 Å². The highest BCUT2D eigenvalue weighted by atomic mass is 35.5. The van der Waals surface area contributed by atoms with Crippen LogP contribution in [0.2, 0.25) is 5.02 Å². The molecule has 5 nitrogen and oxygen atoms in total. The Kier molecular flexibility index (Phi) is 6.69. The minimum Gasteiger partial charge on any atom is -0.348 e. The molecular weight excluding hydrogens is 346 g/mol. The van der Waals surface area contributed by atoms with Crippen molar-refractivity contribution in [1.82, 2.24) is 14.5 Å². The molecule has 2 rings (SSSR count). The Balaban J connectivity index is 2.42. The molecule has 0 aliphatic rings. The van der Waals surface area contributed by atoms with Gasteiger partial charge in [-0.2, -0.15) is 0 Å². The van der Waals surface area contributed by atoms with E-state index in [0.29, 0.717) is 27.6 Å². The van der Waals surface area contributed by atoms with Crippen molar-refractivity contribution in [2.24, 2.45) is 0 Å². The van der Waals surface area contributed by atoms with Crippen LogP contribution in [-0.2, 0) is 11.3 Å². The summed E-state index contributed by atoms with van der Waals surface area (Å²) in [7, 11) is 3.43. The standard InChI is InChI=1S/C17H22ClN3O2S/c1-4-5-6-9-21-16(23)13-8-7-12(18)10-14(13)19-17(21)24-11-15(22)20(2)3/h7-8,10H,4-6,9,11H2,1-3H3. The summed E-state index contributed by atoms with van der Waals surface area (Å²) in [6, 6.07) is 5.10. The van der Waals surface area contributed by atoms with Gasteiger partial charge in [0.15, 0.2) is 5.16 Å². The van der Waals surface area contributed by atoms with Gasteiger partial charge in [0.25, 0.3) is 5.56 Å². The Bertz CT molecular complexity index is 789. The number of benzene rings is 1. The molecule has 1 aromatic heterocycles. The van der Waals surface area contributed by atoms with Crippen LogP contribution in [0.25, 0.3) is 10.9 Å². The zero-order valence-electron chi connectivity index (χ0n) is 14.2. The summed E-state index contributed by atoms with van der Waals surface area (Å²) < 4.78 is 1.68. The van der Waals surface area contributed by atoms with Crippen molar-refractivity contribution in [2.75, 3.05) is 19.8 Å². The highest BCUT2D eigenvalue weighted by Crippen LogP contribution is 2.21. The first kappa shape index (κ1) is 18.8. The maximum atomic E-state index is 12.8. The molecule has 0 fully saturated rings. The van der Waals surface area contributed by atoms with Gasteiger partial charge < -0.3 is 4.90 Å². The van der Waals surface area contributed by atoms with Gasteiger partial charge in [-0.3, -0.25) is 14.2 Å². The Hall–Kier alpha value is -1.53. The fourth-order valence-electron chi connectivity index (χ4n) is 2.26. The van der Waals surface area contributed by atoms with Crippen LogP contribution in [0.1, 0.15) is 26.2 Å². The molecular formula is C17H22ClN3O2S. The van der Waals surface area contributed by atoms with Gasteiger partial charge in [-0.25, -0.2) is 4.98 Å². The topological polar surface area (TPSA) is 55.2 Å². The van der Waals surface area contributed by atoms with Crippen LogP contribution in [0.5, 0.6) is 0 Å². The van der Waals surface area contributed by atoms with Gasteiger partial charge in [-0.15, -0.1) is 0 Å². The Morgan fingerprint density at radius 2 is 2.08 bits per heavy atom. The molecule has 2 aromatic rings. The maximum absolute atomic E-state index is 12.8. The summed E-state index contributed by atoms with van der Waals surface area (Å²) in [5.74, 6) is 0.236. The SMILES string of the molecule is CCCCCn1c(SCC(=O)N(C)C)nc2cc(Cl)ccc2c1=O. The number of fused-ring (bicyclic) bond motifs is 1.